The molecule has 10 heteroatoms. The Balaban J connectivity index is 1.57. The van der Waals surface area contributed by atoms with Crippen LogP contribution in [0.3, 0.4) is 0 Å². The molecule has 1 fully saturated rings. The molecule has 0 unspecified atom stereocenters. The highest BCUT2D eigenvalue weighted by Gasteiger charge is 2.34. The molecule has 0 bridgehead atoms. The minimum atomic E-state index is -0.250. The van der Waals surface area contributed by atoms with Crippen LogP contribution in [-0.2, 0) is 11.4 Å². The molecule has 0 N–H and O–H groups in total. The molecule has 1 heterocycles. The van der Waals surface area contributed by atoms with Gasteiger partial charge in [-0.2, -0.15) is 0 Å². The Morgan fingerprint density at radius 1 is 1.00 bits per heavy atom. The average Bonchev–Trinajstić information content (AvgIpc) is 3.02. The van der Waals surface area contributed by atoms with E-state index in [0.29, 0.717) is 42.3 Å². The number of nitrogens with zero attached hydrogens (tertiary/aromatic N) is 1. The predicted molar refractivity (Wildman–Crippen MR) is 150 cm³/mol. The van der Waals surface area contributed by atoms with Crippen LogP contribution >= 0.6 is 90.6 Å². The van der Waals surface area contributed by atoms with Crippen LogP contribution in [0.2, 0.25) is 15.1 Å². The van der Waals surface area contributed by atoms with Gasteiger partial charge in [0.05, 0.1) is 24.6 Å². The van der Waals surface area contributed by atoms with E-state index < -0.39 is 0 Å². The van der Waals surface area contributed by atoms with Crippen LogP contribution in [0, 0.1) is 0 Å². The van der Waals surface area contributed by atoms with E-state index in [2.05, 4.69) is 31.9 Å². The van der Waals surface area contributed by atoms with E-state index in [1.54, 1.807) is 24.3 Å². The second-order valence-electron chi connectivity index (χ2n) is 6.81. The summed E-state index contributed by atoms with van der Waals surface area (Å²) < 4.78 is 7.82. The van der Waals surface area contributed by atoms with E-state index in [1.165, 1.54) is 16.7 Å². The Bertz CT molecular complexity index is 1290. The predicted octanol–water partition coefficient (Wildman–Crippen LogP) is 9.16. The molecule has 1 aliphatic heterocycles. The molecule has 168 valence electrons. The van der Waals surface area contributed by atoms with Crippen molar-refractivity contribution in [2.24, 2.45) is 0 Å². The summed E-state index contributed by atoms with van der Waals surface area (Å²) in [6.45, 7) is 0.316. The van der Waals surface area contributed by atoms with Gasteiger partial charge in [0.2, 0.25) is 0 Å². The fraction of sp³-hybridized carbons (Fsp3) is 0.0435. The minimum Gasteiger partial charge on any atom is -0.486 e. The Kier molecular flexibility index (Phi) is 8.11. The van der Waals surface area contributed by atoms with Crippen molar-refractivity contribution in [2.75, 3.05) is 4.90 Å². The van der Waals surface area contributed by atoms with E-state index in [1.807, 2.05) is 36.4 Å². The highest BCUT2D eigenvalue weighted by molar-refractivity contribution is 9.11. The quantitative estimate of drug-likeness (QED) is 0.201. The Labute approximate surface area is 232 Å². The van der Waals surface area contributed by atoms with Gasteiger partial charge in [0.15, 0.2) is 4.32 Å². The average molecular weight is 665 g/mol. The molecule has 0 aliphatic carbocycles. The normalized spacial score (nSPS) is 14.9. The van der Waals surface area contributed by atoms with Crippen LogP contribution in [-0.4, -0.2) is 10.2 Å². The summed E-state index contributed by atoms with van der Waals surface area (Å²) in [6, 6.07) is 16.2. The van der Waals surface area contributed by atoms with Crippen LogP contribution in [0.4, 0.5) is 5.69 Å². The second-order valence-corrected chi connectivity index (χ2v) is 11.4. The van der Waals surface area contributed by atoms with Gasteiger partial charge in [0, 0.05) is 15.6 Å². The van der Waals surface area contributed by atoms with E-state index in [-0.39, 0.29) is 5.91 Å². The summed E-state index contributed by atoms with van der Waals surface area (Å²) in [7, 11) is 0. The molecule has 0 spiro atoms. The number of thioether (sulfide) groups is 1. The summed E-state index contributed by atoms with van der Waals surface area (Å²) in [5, 5.41) is 1.48. The Morgan fingerprint density at radius 3 is 2.36 bits per heavy atom. The lowest BCUT2D eigenvalue weighted by Gasteiger charge is -2.16. The van der Waals surface area contributed by atoms with E-state index >= 15 is 0 Å². The third kappa shape index (κ3) is 5.61. The zero-order chi connectivity index (χ0) is 23.7. The molecule has 0 saturated carbocycles. The monoisotopic (exact) mass is 661 g/mol. The van der Waals surface area contributed by atoms with Crippen molar-refractivity contribution in [2.45, 2.75) is 6.61 Å². The van der Waals surface area contributed by atoms with Crippen LogP contribution in [0.15, 0.2) is 68.4 Å². The number of thiocarbonyl (C=S) groups is 1. The summed E-state index contributed by atoms with van der Waals surface area (Å²) >= 11 is 32.2. The van der Waals surface area contributed by atoms with Gasteiger partial charge in [-0.3, -0.25) is 9.69 Å². The molecule has 0 radical (unpaired) electrons. The Hall–Kier alpha value is -1.06. The maximum atomic E-state index is 13.1. The third-order valence-corrected chi connectivity index (χ3v) is 7.98. The van der Waals surface area contributed by atoms with Gasteiger partial charge in [-0.25, -0.2) is 0 Å². The number of rotatable bonds is 5. The first-order valence-electron chi connectivity index (χ1n) is 9.33. The number of ether oxygens (including phenoxy) is 1. The van der Waals surface area contributed by atoms with E-state index in [0.717, 1.165) is 20.1 Å². The lowest BCUT2D eigenvalue weighted by atomic mass is 10.2. The van der Waals surface area contributed by atoms with Crippen molar-refractivity contribution in [3.8, 4) is 5.75 Å². The number of carbonyl (C=O) groups is 1. The highest BCUT2D eigenvalue weighted by atomic mass is 79.9. The maximum Gasteiger partial charge on any atom is 0.270 e. The number of hydrogen-bond donors (Lipinski definition) is 0. The van der Waals surface area contributed by atoms with E-state index in [9.17, 15) is 4.79 Å². The fourth-order valence-electron chi connectivity index (χ4n) is 3.06. The SMILES string of the molecule is O=C1/C(=C/c2cc(Br)c(OCc3ccccc3Cl)c(Br)c2)SC(=S)N1c1ccc(Cl)cc1Cl. The lowest BCUT2D eigenvalue weighted by Crippen LogP contribution is -2.27. The number of carbonyl (C=O) groups excluding carboxylic acids is 1. The van der Waals surface area contributed by atoms with Crippen molar-refractivity contribution in [3.63, 3.8) is 0 Å². The number of hydrogen-bond acceptors (Lipinski definition) is 4. The summed E-state index contributed by atoms with van der Waals surface area (Å²) in [6.07, 6.45) is 1.77. The molecule has 1 amide bonds. The van der Waals surface area contributed by atoms with Crippen LogP contribution in [0.25, 0.3) is 6.08 Å². The van der Waals surface area contributed by atoms with Gasteiger partial charge in [0.25, 0.3) is 5.91 Å². The fourth-order valence-corrected chi connectivity index (χ4v) is 6.47. The van der Waals surface area contributed by atoms with Crippen molar-refractivity contribution in [1.29, 1.82) is 0 Å². The molecule has 1 aliphatic rings. The highest BCUT2D eigenvalue weighted by Crippen LogP contribution is 2.41. The molecular weight excluding hydrogens is 653 g/mol. The minimum absolute atomic E-state index is 0.250. The van der Waals surface area contributed by atoms with Gasteiger partial charge >= 0.3 is 0 Å². The zero-order valence-electron chi connectivity index (χ0n) is 16.5. The molecule has 0 aromatic heterocycles. The third-order valence-electron chi connectivity index (χ3n) is 4.59. The smallest absolute Gasteiger partial charge is 0.270 e. The van der Waals surface area contributed by atoms with Gasteiger partial charge in [-0.1, -0.05) is 77.0 Å². The first-order valence-corrected chi connectivity index (χ1v) is 13.3. The number of amides is 1. The molecule has 3 aromatic rings. The van der Waals surface area contributed by atoms with Gasteiger partial charge < -0.3 is 4.74 Å². The molecule has 3 nitrogen and oxygen atoms in total. The van der Waals surface area contributed by atoms with Gasteiger partial charge in [0.1, 0.15) is 12.4 Å². The lowest BCUT2D eigenvalue weighted by molar-refractivity contribution is -0.113. The second kappa shape index (κ2) is 10.7. The number of halogens is 5. The van der Waals surface area contributed by atoms with E-state index in [4.69, 9.17) is 51.8 Å². The number of anilines is 1. The molecule has 0 atom stereocenters. The summed E-state index contributed by atoms with van der Waals surface area (Å²) in [5.41, 5.74) is 2.17. The first-order chi connectivity index (χ1) is 15.7. The van der Waals surface area contributed by atoms with Crippen LogP contribution in [0.5, 0.6) is 5.75 Å². The summed E-state index contributed by atoms with van der Waals surface area (Å²) in [4.78, 5) is 15.0. The molecule has 1 saturated heterocycles. The van der Waals surface area contributed by atoms with Crippen molar-refractivity contribution in [3.05, 3.63) is 94.6 Å². The standard InChI is InChI=1S/C23H12Br2Cl3NO2S2/c24-15-7-12(8-16(25)21(15)31-11-13-3-1-2-4-17(13)27)9-20-22(30)29(23(32)33-20)19-6-5-14(26)10-18(19)28/h1-10H,11H2/b20-9-. The largest absolute Gasteiger partial charge is 0.486 e. The maximum absolute atomic E-state index is 13.1. The first kappa shape index (κ1) is 25.0. The Morgan fingerprint density at radius 2 is 1.70 bits per heavy atom. The van der Waals surface area contributed by atoms with Crippen LogP contribution in [0.1, 0.15) is 11.1 Å². The van der Waals surface area contributed by atoms with Crippen molar-refractivity contribution < 1.29 is 9.53 Å². The number of benzene rings is 3. The molecule has 3 aromatic carbocycles. The molecular formula is C23H12Br2Cl3NO2S2. The molecule has 4 rings (SSSR count). The van der Waals surface area contributed by atoms with Crippen molar-refractivity contribution in [1.82, 2.24) is 0 Å². The van der Waals surface area contributed by atoms with Crippen LogP contribution < -0.4 is 9.64 Å². The van der Waals surface area contributed by atoms with Crippen molar-refractivity contribution >= 4 is 113 Å². The zero-order valence-corrected chi connectivity index (χ0v) is 23.5. The van der Waals surface area contributed by atoms with Gasteiger partial charge in [-0.15, -0.1) is 0 Å². The topological polar surface area (TPSA) is 29.5 Å². The molecule has 33 heavy (non-hydrogen) atoms. The summed E-state index contributed by atoms with van der Waals surface area (Å²) in [5.74, 6) is 0.382. The van der Waals surface area contributed by atoms with Gasteiger partial charge in [-0.05, 0) is 79.9 Å².